The number of esters is 4. The third kappa shape index (κ3) is 63.5. The van der Waals surface area contributed by atoms with E-state index in [0.717, 1.165) is 114 Å². The summed E-state index contributed by atoms with van der Waals surface area (Å²) in [5.41, 5.74) is 0. The number of phosphoric acid groups is 2. The molecule has 6 atom stereocenters. The van der Waals surface area contributed by atoms with Gasteiger partial charge in [0, 0.05) is 25.7 Å². The van der Waals surface area contributed by atoms with Crippen LogP contribution in [0.5, 0.6) is 0 Å². The average molecular weight is 1330 g/mol. The quantitative estimate of drug-likeness (QED) is 0.0222. The van der Waals surface area contributed by atoms with Gasteiger partial charge in [-0.15, -0.1) is 0 Å². The molecule has 0 radical (unpaired) electrons. The highest BCUT2D eigenvalue weighted by Gasteiger charge is 2.30. The highest BCUT2D eigenvalue weighted by molar-refractivity contribution is 7.47. The number of aliphatic hydroxyl groups is 1. The Morgan fingerprint density at radius 2 is 0.567 bits per heavy atom. The van der Waals surface area contributed by atoms with Crippen molar-refractivity contribution in [3.63, 3.8) is 0 Å². The summed E-state index contributed by atoms with van der Waals surface area (Å²) in [6, 6.07) is 0. The highest BCUT2D eigenvalue weighted by Crippen LogP contribution is 2.45. The zero-order valence-corrected chi connectivity index (χ0v) is 60.4. The molecule has 0 aromatic carbocycles. The van der Waals surface area contributed by atoms with E-state index < -0.39 is 97.5 Å². The van der Waals surface area contributed by atoms with Crippen molar-refractivity contribution in [2.75, 3.05) is 39.6 Å². The molecule has 0 aromatic rings. The second-order valence-corrected chi connectivity index (χ2v) is 29.7. The molecule has 3 unspecified atom stereocenters. The Bertz CT molecular complexity index is 1770. The number of carbonyl (C=O) groups excluding carboxylic acids is 4. The Kier molecular flexibility index (Phi) is 60.6. The molecule has 0 aliphatic rings. The number of aliphatic hydroxyl groups excluding tert-OH is 1. The van der Waals surface area contributed by atoms with Gasteiger partial charge in [-0.1, -0.05) is 305 Å². The Balaban J connectivity index is 5.23. The van der Waals surface area contributed by atoms with Crippen LogP contribution in [0.25, 0.3) is 0 Å². The van der Waals surface area contributed by atoms with Gasteiger partial charge in [0.1, 0.15) is 19.3 Å². The molecule has 0 bridgehead atoms. The SMILES string of the molecule is CCCCCCCCCCC(=O)OC[C@H](COP(=O)(O)OC[C@H](O)COP(=O)(O)OC[C@@H](COC(=O)CCCCCCCCCCCCC(C)CC)OC(=O)CCCCCCCCCCCCCCCCC(C)C)OC(=O)CCCCCCCCCCC(C)C. The molecule has 0 aliphatic carbocycles. The summed E-state index contributed by atoms with van der Waals surface area (Å²) in [5.74, 6) is 0.195. The van der Waals surface area contributed by atoms with E-state index in [0.29, 0.717) is 25.7 Å². The normalized spacial score (nSPS) is 14.5. The van der Waals surface area contributed by atoms with Gasteiger partial charge in [0.15, 0.2) is 12.2 Å². The zero-order chi connectivity index (χ0) is 66.6. The largest absolute Gasteiger partial charge is 0.472 e. The lowest BCUT2D eigenvalue weighted by Gasteiger charge is -2.21. The average Bonchev–Trinajstić information content (AvgIpc) is 3.67. The topological polar surface area (TPSA) is 237 Å². The van der Waals surface area contributed by atoms with Crippen molar-refractivity contribution < 1.29 is 80.2 Å². The summed E-state index contributed by atoms with van der Waals surface area (Å²) in [7, 11) is -9.90. The minimum atomic E-state index is -4.95. The summed E-state index contributed by atoms with van der Waals surface area (Å²) in [6.45, 7) is 11.8. The van der Waals surface area contributed by atoms with Crippen LogP contribution in [0.15, 0.2) is 0 Å². The van der Waals surface area contributed by atoms with Crippen molar-refractivity contribution in [1.29, 1.82) is 0 Å². The summed E-state index contributed by atoms with van der Waals surface area (Å²) >= 11 is 0. The molecule has 19 heteroatoms. The Labute approximate surface area is 549 Å². The van der Waals surface area contributed by atoms with E-state index in [1.54, 1.807) is 0 Å². The number of hydrogen-bond acceptors (Lipinski definition) is 15. The summed E-state index contributed by atoms with van der Waals surface area (Å²) < 4.78 is 68.3. The molecular weight excluding hydrogens is 1190 g/mol. The molecule has 17 nitrogen and oxygen atoms in total. The van der Waals surface area contributed by atoms with E-state index in [1.807, 2.05) is 0 Å². The molecule has 0 spiro atoms. The van der Waals surface area contributed by atoms with Crippen LogP contribution in [0.1, 0.15) is 357 Å². The second kappa shape index (κ2) is 61.9. The standard InChI is InChI=1S/C71H138O17P2/c1-8-10-11-12-13-31-38-45-52-68(73)81-58-66(88-71(76)55-48-41-34-27-26-29-36-43-50-63(5)6)60-85-89(77,78)83-56-65(72)57-84-90(79,80)86-61-67(59-82-69(74)53-46-39-32-24-21-20-23-30-37-44-51-64(7)9-2)87-70(75)54-47-40-33-25-19-17-15-14-16-18-22-28-35-42-49-62(3)4/h62-67,72H,8-61H2,1-7H3,(H,77,78)(H,79,80)/t64?,65-,66+,67+/m0/s1. The van der Waals surface area contributed by atoms with E-state index >= 15 is 0 Å². The van der Waals surface area contributed by atoms with Crippen molar-refractivity contribution >= 4 is 39.5 Å². The van der Waals surface area contributed by atoms with Gasteiger partial charge < -0.3 is 33.8 Å². The van der Waals surface area contributed by atoms with Crippen molar-refractivity contribution in [3.8, 4) is 0 Å². The lowest BCUT2D eigenvalue weighted by Crippen LogP contribution is -2.30. The molecule has 0 aromatic heterocycles. The molecule has 0 rings (SSSR count). The fourth-order valence-electron chi connectivity index (χ4n) is 10.7. The predicted molar refractivity (Wildman–Crippen MR) is 363 cm³/mol. The van der Waals surface area contributed by atoms with Crippen LogP contribution in [0.3, 0.4) is 0 Å². The van der Waals surface area contributed by atoms with Crippen LogP contribution in [0.4, 0.5) is 0 Å². The summed E-state index contributed by atoms with van der Waals surface area (Å²) in [5, 5.41) is 10.6. The fourth-order valence-corrected chi connectivity index (χ4v) is 12.3. The zero-order valence-electron chi connectivity index (χ0n) is 58.6. The Morgan fingerprint density at radius 3 is 0.844 bits per heavy atom. The summed E-state index contributed by atoms with van der Waals surface area (Å²) in [4.78, 5) is 72.5. The van der Waals surface area contributed by atoms with Crippen molar-refractivity contribution in [1.82, 2.24) is 0 Å². The first-order valence-corrected chi connectivity index (χ1v) is 39.9. The number of phosphoric ester groups is 2. The Hall–Kier alpha value is -1.94. The van der Waals surface area contributed by atoms with Gasteiger partial charge in [-0.05, 0) is 43.4 Å². The first kappa shape index (κ1) is 88.1. The number of ether oxygens (including phenoxy) is 4. The number of hydrogen-bond donors (Lipinski definition) is 3. The Morgan fingerprint density at radius 1 is 0.322 bits per heavy atom. The first-order valence-electron chi connectivity index (χ1n) is 36.9. The maximum Gasteiger partial charge on any atom is 0.472 e. The smallest absolute Gasteiger partial charge is 0.462 e. The van der Waals surface area contributed by atoms with E-state index in [9.17, 15) is 43.2 Å². The van der Waals surface area contributed by atoms with Crippen molar-refractivity contribution in [3.05, 3.63) is 0 Å². The number of carbonyl (C=O) groups is 4. The van der Waals surface area contributed by atoms with Crippen LogP contribution in [0, 0.1) is 17.8 Å². The minimum absolute atomic E-state index is 0.104. The minimum Gasteiger partial charge on any atom is -0.462 e. The molecule has 534 valence electrons. The number of unbranched alkanes of at least 4 members (excludes halogenated alkanes) is 36. The van der Waals surface area contributed by atoms with Crippen LogP contribution in [-0.4, -0.2) is 96.7 Å². The lowest BCUT2D eigenvalue weighted by atomic mass is 9.99. The van der Waals surface area contributed by atoms with E-state index in [4.69, 9.17) is 37.0 Å². The maximum atomic E-state index is 13.0. The third-order valence-corrected chi connectivity index (χ3v) is 18.6. The van der Waals surface area contributed by atoms with Gasteiger partial charge in [-0.25, -0.2) is 9.13 Å². The van der Waals surface area contributed by atoms with Crippen LogP contribution >= 0.6 is 15.6 Å². The third-order valence-electron chi connectivity index (χ3n) is 16.7. The molecule has 0 fully saturated rings. The molecule has 0 saturated heterocycles. The molecule has 0 saturated carbocycles. The monoisotopic (exact) mass is 1320 g/mol. The van der Waals surface area contributed by atoms with E-state index in [-0.39, 0.29) is 25.7 Å². The van der Waals surface area contributed by atoms with Gasteiger partial charge in [0.25, 0.3) is 0 Å². The van der Waals surface area contributed by atoms with Gasteiger partial charge in [-0.3, -0.25) is 37.3 Å². The molecule has 3 N–H and O–H groups in total. The molecule has 0 aliphatic heterocycles. The van der Waals surface area contributed by atoms with Crippen molar-refractivity contribution in [2.45, 2.75) is 375 Å². The van der Waals surface area contributed by atoms with Gasteiger partial charge in [-0.2, -0.15) is 0 Å². The van der Waals surface area contributed by atoms with Crippen LogP contribution in [-0.2, 0) is 65.4 Å². The van der Waals surface area contributed by atoms with Gasteiger partial charge >= 0.3 is 39.5 Å². The van der Waals surface area contributed by atoms with E-state index in [1.165, 1.54) is 161 Å². The highest BCUT2D eigenvalue weighted by atomic mass is 31.2. The molecule has 90 heavy (non-hydrogen) atoms. The van der Waals surface area contributed by atoms with Gasteiger partial charge in [0.05, 0.1) is 26.4 Å². The predicted octanol–water partition coefficient (Wildman–Crippen LogP) is 20.2. The van der Waals surface area contributed by atoms with Crippen LogP contribution in [0.2, 0.25) is 0 Å². The first-order chi connectivity index (χ1) is 43.3. The fraction of sp³-hybridized carbons (Fsp3) is 0.944. The molecular formula is C71H138O17P2. The second-order valence-electron chi connectivity index (χ2n) is 26.8. The van der Waals surface area contributed by atoms with Crippen molar-refractivity contribution in [2.24, 2.45) is 17.8 Å². The maximum absolute atomic E-state index is 13.0. The molecule has 0 heterocycles. The van der Waals surface area contributed by atoms with Gasteiger partial charge in [0.2, 0.25) is 0 Å². The summed E-state index contributed by atoms with van der Waals surface area (Å²) in [6.07, 6.45) is 45.8. The number of rotatable bonds is 69. The van der Waals surface area contributed by atoms with E-state index in [2.05, 4.69) is 48.5 Å². The molecule has 0 amide bonds. The van der Waals surface area contributed by atoms with Crippen LogP contribution < -0.4 is 0 Å². The lowest BCUT2D eigenvalue weighted by molar-refractivity contribution is -0.161.